The van der Waals surface area contributed by atoms with Crippen molar-refractivity contribution in [2.45, 2.75) is 12.2 Å². The second-order valence-corrected chi connectivity index (χ2v) is 6.37. The standard InChI is InChI=1S/C8H9Cl2N3O3S/c1-4(17(2,15)16)8(14)13-5-6(9)11-3-12-7(5)10/h3-4H,1-2H3,(H,13,14). The van der Waals surface area contributed by atoms with Gasteiger partial charge in [0.05, 0.1) is 0 Å². The largest absolute Gasteiger partial charge is 0.320 e. The number of carbonyl (C=O) groups excluding carboxylic acids is 1. The number of amides is 1. The molecule has 0 aliphatic rings. The summed E-state index contributed by atoms with van der Waals surface area (Å²) in [5.74, 6) is -0.744. The summed E-state index contributed by atoms with van der Waals surface area (Å²) in [5.41, 5.74) is -0.00340. The molecule has 0 spiro atoms. The van der Waals surface area contributed by atoms with Gasteiger partial charge in [-0.3, -0.25) is 4.79 Å². The Hall–Kier alpha value is -0.920. The zero-order valence-corrected chi connectivity index (χ0v) is 11.3. The van der Waals surface area contributed by atoms with Crippen molar-refractivity contribution in [2.75, 3.05) is 11.6 Å². The molecule has 1 aromatic rings. The number of nitrogens with zero attached hydrogens (tertiary/aromatic N) is 2. The molecule has 9 heteroatoms. The zero-order valence-electron chi connectivity index (χ0n) is 8.94. The van der Waals surface area contributed by atoms with Gasteiger partial charge in [0.15, 0.2) is 20.1 Å². The lowest BCUT2D eigenvalue weighted by Gasteiger charge is -2.11. The highest BCUT2D eigenvalue weighted by Crippen LogP contribution is 2.25. The first-order valence-electron chi connectivity index (χ1n) is 4.39. The van der Waals surface area contributed by atoms with Gasteiger partial charge in [-0.1, -0.05) is 23.2 Å². The maximum absolute atomic E-state index is 11.6. The van der Waals surface area contributed by atoms with E-state index in [4.69, 9.17) is 23.2 Å². The molecule has 0 aliphatic heterocycles. The molecule has 1 N–H and O–H groups in total. The molecule has 17 heavy (non-hydrogen) atoms. The summed E-state index contributed by atoms with van der Waals surface area (Å²) >= 11 is 11.4. The second-order valence-electron chi connectivity index (χ2n) is 3.29. The molecule has 1 atom stereocenters. The maximum Gasteiger partial charge on any atom is 0.242 e. The third kappa shape index (κ3) is 3.52. The van der Waals surface area contributed by atoms with Crippen molar-refractivity contribution in [3.05, 3.63) is 16.6 Å². The summed E-state index contributed by atoms with van der Waals surface area (Å²) in [4.78, 5) is 18.8. The van der Waals surface area contributed by atoms with E-state index in [1.54, 1.807) is 0 Å². The van der Waals surface area contributed by atoms with E-state index in [0.29, 0.717) is 0 Å². The van der Waals surface area contributed by atoms with Crippen molar-refractivity contribution in [3.63, 3.8) is 0 Å². The number of rotatable bonds is 3. The predicted octanol–water partition coefficient (Wildman–Crippen LogP) is 1.16. The summed E-state index contributed by atoms with van der Waals surface area (Å²) in [7, 11) is -3.49. The summed E-state index contributed by atoms with van der Waals surface area (Å²) in [5, 5.41) is 0.952. The van der Waals surface area contributed by atoms with Gasteiger partial charge < -0.3 is 5.32 Å². The molecule has 0 saturated heterocycles. The Balaban J connectivity index is 2.97. The van der Waals surface area contributed by atoms with Crippen LogP contribution in [0.15, 0.2) is 6.33 Å². The second kappa shape index (κ2) is 5.16. The van der Waals surface area contributed by atoms with E-state index in [0.717, 1.165) is 12.6 Å². The number of carbonyl (C=O) groups is 1. The van der Waals surface area contributed by atoms with E-state index >= 15 is 0 Å². The summed E-state index contributed by atoms with van der Waals surface area (Å²) in [6, 6.07) is 0. The lowest BCUT2D eigenvalue weighted by atomic mass is 10.4. The van der Waals surface area contributed by atoms with Crippen molar-refractivity contribution in [2.24, 2.45) is 0 Å². The van der Waals surface area contributed by atoms with Gasteiger partial charge >= 0.3 is 0 Å². The van der Waals surface area contributed by atoms with Crippen LogP contribution >= 0.6 is 23.2 Å². The van der Waals surface area contributed by atoms with E-state index in [2.05, 4.69) is 15.3 Å². The minimum atomic E-state index is -3.49. The molecule has 0 saturated carbocycles. The highest BCUT2D eigenvalue weighted by Gasteiger charge is 2.25. The Bertz CT molecular complexity index is 527. The van der Waals surface area contributed by atoms with E-state index in [9.17, 15) is 13.2 Å². The van der Waals surface area contributed by atoms with Gasteiger partial charge in [-0.25, -0.2) is 18.4 Å². The van der Waals surface area contributed by atoms with Crippen LogP contribution in [0.4, 0.5) is 5.69 Å². The topological polar surface area (TPSA) is 89.0 Å². The molecule has 0 aromatic carbocycles. The first-order chi connectivity index (χ1) is 7.73. The van der Waals surface area contributed by atoms with Gasteiger partial charge in [0, 0.05) is 6.26 Å². The van der Waals surface area contributed by atoms with Crippen LogP contribution in [-0.2, 0) is 14.6 Å². The van der Waals surface area contributed by atoms with Crippen LogP contribution in [0.5, 0.6) is 0 Å². The van der Waals surface area contributed by atoms with E-state index in [1.165, 1.54) is 6.92 Å². The van der Waals surface area contributed by atoms with Crippen LogP contribution in [-0.4, -0.2) is 35.8 Å². The summed E-state index contributed by atoms with van der Waals surface area (Å²) < 4.78 is 22.3. The fraction of sp³-hybridized carbons (Fsp3) is 0.375. The molecule has 1 amide bonds. The van der Waals surface area contributed by atoms with Crippen molar-refractivity contribution in [1.82, 2.24) is 9.97 Å². The number of hydrogen-bond acceptors (Lipinski definition) is 5. The van der Waals surface area contributed by atoms with Gasteiger partial charge in [0.2, 0.25) is 5.91 Å². The average Bonchev–Trinajstić information content (AvgIpc) is 2.21. The van der Waals surface area contributed by atoms with Gasteiger partial charge in [-0.15, -0.1) is 0 Å². The number of hydrogen-bond donors (Lipinski definition) is 1. The Morgan fingerprint density at radius 2 is 1.82 bits per heavy atom. The van der Waals surface area contributed by atoms with Crippen molar-refractivity contribution in [3.8, 4) is 0 Å². The van der Waals surface area contributed by atoms with E-state index in [1.807, 2.05) is 0 Å². The molecule has 6 nitrogen and oxygen atoms in total. The summed E-state index contributed by atoms with van der Waals surface area (Å²) in [6.45, 7) is 1.26. The van der Waals surface area contributed by atoms with E-state index in [-0.39, 0.29) is 16.0 Å². The fourth-order valence-corrected chi connectivity index (χ4v) is 1.72. The molecular weight excluding hydrogens is 289 g/mol. The average molecular weight is 298 g/mol. The van der Waals surface area contributed by atoms with Gasteiger partial charge in [0.1, 0.15) is 17.3 Å². The maximum atomic E-state index is 11.6. The van der Waals surface area contributed by atoms with Crippen LogP contribution < -0.4 is 5.32 Å². The van der Waals surface area contributed by atoms with Gasteiger partial charge in [-0.05, 0) is 6.92 Å². The fourth-order valence-electron chi connectivity index (χ4n) is 0.867. The lowest BCUT2D eigenvalue weighted by molar-refractivity contribution is -0.115. The molecule has 0 bridgehead atoms. The molecule has 0 radical (unpaired) electrons. The molecule has 1 aromatic heterocycles. The Morgan fingerprint density at radius 3 is 2.24 bits per heavy atom. The van der Waals surface area contributed by atoms with Crippen LogP contribution in [0.3, 0.4) is 0 Å². The minimum absolute atomic E-state index is 0.00340. The molecule has 94 valence electrons. The molecule has 1 unspecified atom stereocenters. The monoisotopic (exact) mass is 297 g/mol. The zero-order chi connectivity index (χ0) is 13.2. The van der Waals surface area contributed by atoms with Crippen LogP contribution in [0, 0.1) is 0 Å². The predicted molar refractivity (Wildman–Crippen MR) is 65.0 cm³/mol. The van der Waals surface area contributed by atoms with Crippen molar-refractivity contribution >= 4 is 44.6 Å². The Labute approximate surface area is 108 Å². The highest BCUT2D eigenvalue weighted by molar-refractivity contribution is 7.92. The summed E-state index contributed by atoms with van der Waals surface area (Å²) in [6.07, 6.45) is 2.09. The van der Waals surface area contributed by atoms with Crippen LogP contribution in [0.25, 0.3) is 0 Å². The Morgan fingerprint density at radius 1 is 1.35 bits per heavy atom. The van der Waals surface area contributed by atoms with Gasteiger partial charge in [-0.2, -0.15) is 0 Å². The number of nitrogens with one attached hydrogen (secondary N) is 1. The smallest absolute Gasteiger partial charge is 0.242 e. The number of aromatic nitrogens is 2. The van der Waals surface area contributed by atoms with Crippen LogP contribution in [0.2, 0.25) is 10.3 Å². The lowest BCUT2D eigenvalue weighted by Crippen LogP contribution is -2.32. The Kier molecular flexibility index (Phi) is 4.29. The molecule has 0 aliphatic carbocycles. The quantitative estimate of drug-likeness (QED) is 0.846. The molecule has 0 fully saturated rings. The number of anilines is 1. The third-order valence-electron chi connectivity index (χ3n) is 2.01. The van der Waals surface area contributed by atoms with Crippen molar-refractivity contribution < 1.29 is 13.2 Å². The third-order valence-corrected chi connectivity index (χ3v) is 4.09. The van der Waals surface area contributed by atoms with Gasteiger partial charge in [0.25, 0.3) is 0 Å². The van der Waals surface area contributed by atoms with Crippen LogP contribution in [0.1, 0.15) is 6.92 Å². The minimum Gasteiger partial charge on any atom is -0.320 e. The molecule has 1 heterocycles. The van der Waals surface area contributed by atoms with E-state index < -0.39 is 21.0 Å². The molecule has 1 rings (SSSR count). The SMILES string of the molecule is CC(C(=O)Nc1c(Cl)ncnc1Cl)S(C)(=O)=O. The first kappa shape index (κ1) is 14.1. The molecular formula is C8H9Cl2N3O3S. The first-order valence-corrected chi connectivity index (χ1v) is 7.10. The number of sulfone groups is 1. The van der Waals surface area contributed by atoms with Crippen molar-refractivity contribution in [1.29, 1.82) is 0 Å². The number of halogens is 2. The normalized spacial score (nSPS) is 13.2. The highest BCUT2D eigenvalue weighted by atomic mass is 35.5.